The van der Waals surface area contributed by atoms with Crippen LogP contribution >= 0.6 is 12.6 Å². The van der Waals surface area contributed by atoms with Crippen LogP contribution in [0.5, 0.6) is 0 Å². The van der Waals surface area contributed by atoms with Gasteiger partial charge in [0.05, 0.1) is 0 Å². The van der Waals surface area contributed by atoms with Gasteiger partial charge in [-0.2, -0.15) is 12.6 Å². The summed E-state index contributed by atoms with van der Waals surface area (Å²) in [6.07, 6.45) is 1.12. The first-order chi connectivity index (χ1) is 6.81. The molecule has 0 rings (SSSR count). The van der Waals surface area contributed by atoms with Crippen LogP contribution in [0.25, 0.3) is 0 Å². The van der Waals surface area contributed by atoms with E-state index in [0.717, 1.165) is 0 Å². The molecule has 0 saturated carbocycles. The second-order valence-electron chi connectivity index (χ2n) is 2.14. The predicted octanol–water partition coefficient (Wildman–Crippen LogP) is -0.960. The van der Waals surface area contributed by atoms with Crippen LogP contribution in [0.4, 0.5) is 0 Å². The van der Waals surface area contributed by atoms with Gasteiger partial charge in [0.2, 0.25) is 0 Å². The van der Waals surface area contributed by atoms with E-state index < -0.39 is 23.9 Å². The van der Waals surface area contributed by atoms with E-state index >= 15 is 0 Å². The maximum atomic E-state index is 9.76. The van der Waals surface area contributed by atoms with Crippen molar-refractivity contribution in [2.75, 3.05) is 5.75 Å². The van der Waals surface area contributed by atoms with Gasteiger partial charge in [0.25, 0.3) is 0 Å². The fraction of sp³-hybridized carbons (Fsp3) is 0.286. The third-order valence-corrected chi connectivity index (χ3v) is 1.28. The molecule has 86 valence electrons. The molecular weight excluding hydrogens is 226 g/mol. The van der Waals surface area contributed by atoms with Gasteiger partial charge in [-0.1, -0.05) is 0 Å². The van der Waals surface area contributed by atoms with Crippen LogP contribution in [0.1, 0.15) is 0 Å². The summed E-state index contributed by atoms with van der Waals surface area (Å²) in [5.41, 5.74) is 4.94. The quantitative estimate of drug-likeness (QED) is 0.313. The van der Waals surface area contributed by atoms with Crippen molar-refractivity contribution in [1.29, 1.82) is 0 Å². The number of carboxylic acid groups (broad SMARTS) is 3. The first-order valence-corrected chi connectivity index (χ1v) is 4.17. The zero-order chi connectivity index (χ0) is 12.4. The summed E-state index contributed by atoms with van der Waals surface area (Å²) in [6.45, 7) is 0. The van der Waals surface area contributed by atoms with Crippen molar-refractivity contribution in [3.8, 4) is 0 Å². The Morgan fingerprint density at radius 1 is 1.13 bits per heavy atom. The van der Waals surface area contributed by atoms with E-state index in [1.165, 1.54) is 0 Å². The summed E-state index contributed by atoms with van der Waals surface area (Å²) >= 11 is 3.65. The van der Waals surface area contributed by atoms with E-state index in [-0.39, 0.29) is 5.75 Å². The summed E-state index contributed by atoms with van der Waals surface area (Å²) in [5, 5.41) is 23.6. The van der Waals surface area contributed by atoms with Crippen molar-refractivity contribution in [1.82, 2.24) is 0 Å². The van der Waals surface area contributed by atoms with Crippen LogP contribution in [0.2, 0.25) is 0 Å². The maximum absolute atomic E-state index is 9.76. The fourth-order valence-electron chi connectivity index (χ4n) is 0.221. The maximum Gasteiger partial charge on any atom is 0.328 e. The number of thiol groups is 1. The third kappa shape index (κ3) is 15.2. The number of aliphatic carboxylic acids is 3. The van der Waals surface area contributed by atoms with Gasteiger partial charge in [0.15, 0.2) is 0 Å². The normalized spacial score (nSPS) is 11.3. The highest BCUT2D eigenvalue weighted by atomic mass is 32.1. The Hall–Kier alpha value is -1.54. The molecule has 0 aliphatic carbocycles. The third-order valence-electron chi connectivity index (χ3n) is 0.882. The minimum Gasteiger partial charge on any atom is -0.480 e. The smallest absolute Gasteiger partial charge is 0.328 e. The van der Waals surface area contributed by atoms with Crippen molar-refractivity contribution in [3.63, 3.8) is 0 Å². The standard InChI is InChI=1S/C4H4O4.C3H7NO2S/c5-3(6)1-2-4(7)8;4-2(1-7)3(5)6/h1-2H,(H,5,6)(H,7,8);2,7H,1,4H2,(H,5,6)/t;2-/m.0/s1. The molecule has 15 heavy (non-hydrogen) atoms. The van der Waals surface area contributed by atoms with Crippen LogP contribution in [-0.2, 0) is 14.4 Å². The molecule has 0 spiro atoms. The minimum absolute atomic E-state index is 0.190. The number of carbonyl (C=O) groups is 3. The zero-order valence-electron chi connectivity index (χ0n) is 7.53. The van der Waals surface area contributed by atoms with E-state index in [4.69, 9.17) is 21.1 Å². The van der Waals surface area contributed by atoms with Gasteiger partial charge >= 0.3 is 17.9 Å². The predicted molar refractivity (Wildman–Crippen MR) is 53.9 cm³/mol. The Labute approximate surface area is 90.6 Å². The highest BCUT2D eigenvalue weighted by molar-refractivity contribution is 7.80. The molecule has 0 radical (unpaired) electrons. The highest BCUT2D eigenvalue weighted by Gasteiger charge is 2.06. The van der Waals surface area contributed by atoms with Gasteiger partial charge in [-0.25, -0.2) is 9.59 Å². The molecule has 8 heteroatoms. The molecule has 0 fully saturated rings. The minimum atomic E-state index is -1.26. The van der Waals surface area contributed by atoms with Gasteiger partial charge in [-0.3, -0.25) is 4.79 Å². The monoisotopic (exact) mass is 237 g/mol. The SMILES string of the molecule is N[C@@H](CS)C(=O)O.O=C(O)C=CC(=O)O. The topological polar surface area (TPSA) is 138 Å². The lowest BCUT2D eigenvalue weighted by molar-refractivity contribution is -0.138. The summed E-state index contributed by atoms with van der Waals surface area (Å²) in [5.74, 6) is -3.33. The molecule has 0 unspecified atom stereocenters. The van der Waals surface area contributed by atoms with Crippen molar-refractivity contribution in [3.05, 3.63) is 12.2 Å². The molecule has 0 amide bonds. The summed E-state index contributed by atoms with van der Waals surface area (Å²) in [7, 11) is 0. The first-order valence-electron chi connectivity index (χ1n) is 3.54. The van der Waals surface area contributed by atoms with E-state index in [9.17, 15) is 14.4 Å². The molecule has 0 aromatic heterocycles. The molecule has 0 aliphatic heterocycles. The van der Waals surface area contributed by atoms with E-state index in [1.807, 2.05) is 0 Å². The second-order valence-corrected chi connectivity index (χ2v) is 2.50. The Morgan fingerprint density at radius 2 is 1.47 bits per heavy atom. The number of hydrogen-bond acceptors (Lipinski definition) is 5. The van der Waals surface area contributed by atoms with Crippen molar-refractivity contribution < 1.29 is 29.7 Å². The Kier molecular flexibility index (Phi) is 9.58. The highest BCUT2D eigenvalue weighted by Crippen LogP contribution is 1.80. The lowest BCUT2D eigenvalue weighted by atomic mass is 10.4. The summed E-state index contributed by atoms with van der Waals surface area (Å²) < 4.78 is 0. The van der Waals surface area contributed by atoms with Gasteiger partial charge in [0, 0.05) is 17.9 Å². The number of rotatable bonds is 4. The van der Waals surface area contributed by atoms with Gasteiger partial charge in [0.1, 0.15) is 6.04 Å². The van der Waals surface area contributed by atoms with Crippen LogP contribution in [0.15, 0.2) is 12.2 Å². The van der Waals surface area contributed by atoms with Crippen molar-refractivity contribution in [2.24, 2.45) is 5.73 Å². The molecular formula is C7H11NO6S. The average molecular weight is 237 g/mol. The Bertz CT molecular complexity index is 248. The second kappa shape index (κ2) is 9.03. The van der Waals surface area contributed by atoms with Crippen molar-refractivity contribution >= 4 is 30.5 Å². The Balaban J connectivity index is 0. The molecule has 0 aliphatic rings. The Morgan fingerprint density at radius 3 is 1.53 bits per heavy atom. The number of carboxylic acids is 3. The van der Waals surface area contributed by atoms with Gasteiger partial charge < -0.3 is 21.1 Å². The molecule has 0 aromatic carbocycles. The zero-order valence-corrected chi connectivity index (χ0v) is 8.42. The van der Waals surface area contributed by atoms with Crippen LogP contribution in [0, 0.1) is 0 Å². The van der Waals surface area contributed by atoms with Crippen molar-refractivity contribution in [2.45, 2.75) is 6.04 Å². The van der Waals surface area contributed by atoms with E-state index in [2.05, 4.69) is 12.6 Å². The van der Waals surface area contributed by atoms with Gasteiger partial charge in [-0.15, -0.1) is 0 Å². The summed E-state index contributed by atoms with van der Waals surface area (Å²) in [4.78, 5) is 28.9. The molecule has 7 nitrogen and oxygen atoms in total. The largest absolute Gasteiger partial charge is 0.480 e. The molecule has 0 saturated heterocycles. The van der Waals surface area contributed by atoms with E-state index in [1.54, 1.807) is 0 Å². The van der Waals surface area contributed by atoms with Gasteiger partial charge in [-0.05, 0) is 0 Å². The van der Waals surface area contributed by atoms with Crippen LogP contribution in [0.3, 0.4) is 0 Å². The summed E-state index contributed by atoms with van der Waals surface area (Å²) in [6, 6.07) is -0.816. The molecule has 1 atom stereocenters. The molecule has 0 aromatic rings. The average Bonchev–Trinajstić information content (AvgIpc) is 2.14. The fourth-order valence-corrected chi connectivity index (χ4v) is 0.377. The number of nitrogens with two attached hydrogens (primary N) is 1. The van der Waals surface area contributed by atoms with E-state index in [0.29, 0.717) is 12.2 Å². The lowest BCUT2D eigenvalue weighted by Gasteiger charge is -1.96. The van der Waals surface area contributed by atoms with Crippen LogP contribution < -0.4 is 5.73 Å². The molecule has 0 bridgehead atoms. The van der Waals surface area contributed by atoms with Crippen LogP contribution in [-0.4, -0.2) is 45.0 Å². The lowest BCUT2D eigenvalue weighted by Crippen LogP contribution is -2.31. The molecule has 5 N–H and O–H groups in total. The number of hydrogen-bond donors (Lipinski definition) is 5. The molecule has 0 heterocycles. The first kappa shape index (κ1) is 15.9.